The van der Waals surface area contributed by atoms with Crippen LogP contribution in [-0.2, 0) is 4.79 Å². The molecule has 0 spiro atoms. The number of urea groups is 1. The molecule has 0 bridgehead atoms. The Hall–Kier alpha value is -2.57. The number of halogens is 2. The molecule has 1 heterocycles. The zero-order valence-electron chi connectivity index (χ0n) is 13.4. The first-order valence-corrected chi connectivity index (χ1v) is 7.58. The highest BCUT2D eigenvalue weighted by Gasteiger charge is 2.35. The highest BCUT2D eigenvalue weighted by atomic mass is 19.1. The second-order valence-electron chi connectivity index (χ2n) is 5.81. The van der Waals surface area contributed by atoms with Crippen molar-refractivity contribution < 1.29 is 18.4 Å². The summed E-state index contributed by atoms with van der Waals surface area (Å²) >= 11 is 0. The predicted octanol–water partition coefficient (Wildman–Crippen LogP) is 3.67. The van der Waals surface area contributed by atoms with Gasteiger partial charge in [-0.1, -0.05) is 6.58 Å². The summed E-state index contributed by atoms with van der Waals surface area (Å²) < 4.78 is 26.9. The van der Waals surface area contributed by atoms with Crippen molar-refractivity contribution in [2.75, 3.05) is 0 Å². The molecule has 2 rings (SSSR count). The van der Waals surface area contributed by atoms with Gasteiger partial charge in [-0.25, -0.2) is 13.6 Å². The average Bonchev–Trinajstić information content (AvgIpc) is 2.86. The molecular weight excluding hydrogens is 316 g/mol. The van der Waals surface area contributed by atoms with Gasteiger partial charge in [-0.05, 0) is 37.5 Å². The van der Waals surface area contributed by atoms with Crippen LogP contribution in [0, 0.1) is 17.0 Å². The monoisotopic (exact) mass is 335 g/mol. The number of rotatable bonds is 5. The predicted molar refractivity (Wildman–Crippen MR) is 85.5 cm³/mol. The van der Waals surface area contributed by atoms with Crippen molar-refractivity contribution in [1.82, 2.24) is 10.2 Å². The maximum Gasteiger partial charge on any atom is 0.327 e. The molecule has 0 saturated carbocycles. The standard InChI is InChI=1S/C17H19F2N3O2/c1-10(3-4-11(2)23)21-17(24)22-15(5-6-16(22)20)12-7-13(18)9-14(19)8-12/h7-9,15,20H,1,3-6H2,2H3,(H,21,24). The summed E-state index contributed by atoms with van der Waals surface area (Å²) in [7, 11) is 0. The van der Waals surface area contributed by atoms with Gasteiger partial charge < -0.3 is 10.1 Å². The molecule has 1 unspecified atom stereocenters. The molecule has 1 aromatic rings. The van der Waals surface area contributed by atoms with Gasteiger partial charge in [0.1, 0.15) is 23.3 Å². The summed E-state index contributed by atoms with van der Waals surface area (Å²) in [6, 6.07) is 1.90. The maximum atomic E-state index is 13.4. The average molecular weight is 335 g/mol. The number of amides is 2. The second kappa shape index (κ2) is 7.33. The van der Waals surface area contributed by atoms with E-state index < -0.39 is 23.7 Å². The quantitative estimate of drug-likeness (QED) is 0.861. The molecule has 128 valence electrons. The molecular formula is C17H19F2N3O2. The fraction of sp³-hybridized carbons (Fsp3) is 0.353. The Balaban J connectivity index is 2.13. The smallest absolute Gasteiger partial charge is 0.312 e. The van der Waals surface area contributed by atoms with Crippen molar-refractivity contribution in [3.63, 3.8) is 0 Å². The Morgan fingerprint density at radius 1 is 1.29 bits per heavy atom. The number of nitrogens with one attached hydrogen (secondary N) is 2. The zero-order chi connectivity index (χ0) is 17.9. The first kappa shape index (κ1) is 17.8. The highest BCUT2D eigenvalue weighted by molar-refractivity contribution is 5.98. The largest absolute Gasteiger partial charge is 0.327 e. The number of likely N-dealkylation sites (tertiary alicyclic amines) is 1. The Bertz CT molecular complexity index is 683. The molecule has 1 aliphatic heterocycles. The third-order valence-corrected chi connectivity index (χ3v) is 3.81. The molecule has 7 heteroatoms. The van der Waals surface area contributed by atoms with E-state index in [9.17, 15) is 18.4 Å². The minimum atomic E-state index is -0.727. The van der Waals surface area contributed by atoms with Crippen LogP contribution in [-0.4, -0.2) is 22.5 Å². The summed E-state index contributed by atoms with van der Waals surface area (Å²) in [5.41, 5.74) is 0.665. The fourth-order valence-electron chi connectivity index (χ4n) is 2.66. The number of hydrogen-bond donors (Lipinski definition) is 2. The Morgan fingerprint density at radius 3 is 2.50 bits per heavy atom. The van der Waals surface area contributed by atoms with Crippen molar-refractivity contribution in [1.29, 1.82) is 5.41 Å². The molecule has 0 aromatic heterocycles. The maximum absolute atomic E-state index is 13.4. The fourth-order valence-corrected chi connectivity index (χ4v) is 2.66. The molecule has 1 fully saturated rings. The Labute approximate surface area is 138 Å². The molecule has 2 N–H and O–H groups in total. The molecule has 1 aromatic carbocycles. The number of nitrogens with zero attached hydrogens (tertiary/aromatic N) is 1. The number of allylic oxidation sites excluding steroid dienone is 1. The lowest BCUT2D eigenvalue weighted by Gasteiger charge is -2.25. The van der Waals surface area contributed by atoms with Crippen LogP contribution in [0.1, 0.15) is 44.2 Å². The van der Waals surface area contributed by atoms with Crippen molar-refractivity contribution in [3.8, 4) is 0 Å². The lowest BCUT2D eigenvalue weighted by molar-refractivity contribution is -0.117. The number of carbonyl (C=O) groups excluding carboxylic acids is 2. The van der Waals surface area contributed by atoms with Gasteiger partial charge >= 0.3 is 6.03 Å². The van der Waals surface area contributed by atoms with E-state index in [1.165, 1.54) is 11.8 Å². The third kappa shape index (κ3) is 4.24. The number of carbonyl (C=O) groups is 2. The molecule has 0 radical (unpaired) electrons. The number of amidine groups is 1. The minimum Gasteiger partial charge on any atom is -0.312 e. The van der Waals surface area contributed by atoms with E-state index in [0.29, 0.717) is 30.5 Å². The minimum absolute atomic E-state index is 0.0209. The number of benzene rings is 1. The Morgan fingerprint density at radius 2 is 1.92 bits per heavy atom. The van der Waals surface area contributed by atoms with Gasteiger partial charge in [-0.3, -0.25) is 10.3 Å². The molecule has 5 nitrogen and oxygen atoms in total. The van der Waals surface area contributed by atoms with Gasteiger partial charge in [0.25, 0.3) is 0 Å². The third-order valence-electron chi connectivity index (χ3n) is 3.81. The first-order chi connectivity index (χ1) is 11.3. The summed E-state index contributed by atoms with van der Waals surface area (Å²) in [6.45, 7) is 5.13. The lowest BCUT2D eigenvalue weighted by atomic mass is 10.0. The van der Waals surface area contributed by atoms with E-state index in [1.54, 1.807) is 0 Å². The zero-order valence-corrected chi connectivity index (χ0v) is 13.4. The lowest BCUT2D eigenvalue weighted by Crippen LogP contribution is -2.41. The summed E-state index contributed by atoms with van der Waals surface area (Å²) in [5.74, 6) is -1.40. The molecule has 0 aliphatic carbocycles. The molecule has 2 amide bonds. The van der Waals surface area contributed by atoms with E-state index in [0.717, 1.165) is 18.2 Å². The van der Waals surface area contributed by atoms with E-state index in [2.05, 4.69) is 11.9 Å². The van der Waals surface area contributed by atoms with Crippen LogP contribution in [0.15, 0.2) is 30.5 Å². The van der Waals surface area contributed by atoms with Crippen LogP contribution >= 0.6 is 0 Å². The topological polar surface area (TPSA) is 73.3 Å². The number of ketones is 1. The van der Waals surface area contributed by atoms with Gasteiger partial charge in [-0.2, -0.15) is 0 Å². The van der Waals surface area contributed by atoms with Crippen molar-refractivity contribution in [2.24, 2.45) is 0 Å². The molecule has 24 heavy (non-hydrogen) atoms. The van der Waals surface area contributed by atoms with E-state index >= 15 is 0 Å². The highest BCUT2D eigenvalue weighted by Crippen LogP contribution is 2.33. The van der Waals surface area contributed by atoms with Gasteiger partial charge in [0.2, 0.25) is 0 Å². The van der Waals surface area contributed by atoms with E-state index in [-0.39, 0.29) is 18.0 Å². The Kier molecular flexibility index (Phi) is 5.43. The van der Waals surface area contributed by atoms with Gasteiger partial charge in [0.05, 0.1) is 6.04 Å². The normalized spacial score (nSPS) is 17.0. The van der Waals surface area contributed by atoms with Crippen molar-refractivity contribution in [2.45, 2.75) is 38.6 Å². The van der Waals surface area contributed by atoms with Crippen LogP contribution in [0.4, 0.5) is 13.6 Å². The second-order valence-corrected chi connectivity index (χ2v) is 5.81. The van der Waals surface area contributed by atoms with E-state index in [4.69, 9.17) is 5.41 Å². The molecule has 1 aliphatic rings. The SMILES string of the molecule is C=C(CCC(C)=O)NC(=O)N1C(=N)CCC1c1cc(F)cc(F)c1. The summed E-state index contributed by atoms with van der Waals surface area (Å²) in [4.78, 5) is 24.6. The van der Waals surface area contributed by atoms with Crippen LogP contribution in [0.25, 0.3) is 0 Å². The summed E-state index contributed by atoms with van der Waals surface area (Å²) in [6.07, 6.45) is 1.31. The number of hydrogen-bond acceptors (Lipinski definition) is 3. The first-order valence-electron chi connectivity index (χ1n) is 7.58. The van der Waals surface area contributed by atoms with Gasteiger partial charge in [0, 0.05) is 24.6 Å². The number of Topliss-reactive ketones (excluding diaryl/α,β-unsaturated/α-hetero) is 1. The van der Waals surface area contributed by atoms with E-state index in [1.807, 2.05) is 0 Å². The summed E-state index contributed by atoms with van der Waals surface area (Å²) in [5, 5.41) is 10.5. The van der Waals surface area contributed by atoms with Crippen LogP contribution < -0.4 is 5.32 Å². The van der Waals surface area contributed by atoms with Crippen LogP contribution in [0.2, 0.25) is 0 Å². The molecule has 1 saturated heterocycles. The molecule has 1 atom stereocenters. The van der Waals surface area contributed by atoms with Crippen molar-refractivity contribution >= 4 is 17.6 Å². The van der Waals surface area contributed by atoms with Gasteiger partial charge in [-0.15, -0.1) is 0 Å². The van der Waals surface area contributed by atoms with Crippen molar-refractivity contribution in [3.05, 3.63) is 47.7 Å². The van der Waals surface area contributed by atoms with Crippen LogP contribution in [0.3, 0.4) is 0 Å². The van der Waals surface area contributed by atoms with Crippen LogP contribution in [0.5, 0.6) is 0 Å². The van der Waals surface area contributed by atoms with Gasteiger partial charge in [0.15, 0.2) is 0 Å².